The third-order valence-corrected chi connectivity index (χ3v) is 2.39. The summed E-state index contributed by atoms with van der Waals surface area (Å²) in [6.45, 7) is 4.29. The van der Waals surface area contributed by atoms with Crippen molar-refractivity contribution in [1.29, 1.82) is 0 Å². The van der Waals surface area contributed by atoms with Crippen molar-refractivity contribution in [3.63, 3.8) is 0 Å². The predicted molar refractivity (Wildman–Crippen MR) is 69.4 cm³/mol. The quantitative estimate of drug-likeness (QED) is 0.675. The van der Waals surface area contributed by atoms with E-state index in [0.717, 1.165) is 25.3 Å². The highest BCUT2D eigenvalue weighted by molar-refractivity contribution is 5.67. The Morgan fingerprint density at radius 2 is 2.24 bits per heavy atom. The van der Waals surface area contributed by atoms with Crippen LogP contribution in [0, 0.1) is 0 Å². The Morgan fingerprint density at radius 1 is 1.47 bits per heavy atom. The molecule has 0 aliphatic heterocycles. The zero-order valence-electron chi connectivity index (χ0n) is 10.7. The van der Waals surface area contributed by atoms with Crippen LogP contribution in [0.25, 0.3) is 0 Å². The molecule has 0 aliphatic rings. The fraction of sp³-hybridized carbons (Fsp3) is 0.636. The van der Waals surface area contributed by atoms with Gasteiger partial charge in [0.2, 0.25) is 5.88 Å². The molecule has 1 aromatic rings. The Morgan fingerprint density at radius 3 is 2.88 bits per heavy atom. The van der Waals surface area contributed by atoms with Crippen LogP contribution in [-0.4, -0.2) is 43.8 Å². The van der Waals surface area contributed by atoms with Gasteiger partial charge in [-0.2, -0.15) is 4.98 Å². The van der Waals surface area contributed by atoms with Gasteiger partial charge in [0.1, 0.15) is 12.0 Å². The van der Waals surface area contributed by atoms with Crippen molar-refractivity contribution in [1.82, 2.24) is 15.3 Å². The third-order valence-electron chi connectivity index (χ3n) is 2.39. The SMILES string of the molecule is CCOc1ncnc(N(C)CCCNC)c1N. The molecule has 0 amide bonds. The maximum absolute atomic E-state index is 5.97. The Kier molecular flexibility index (Phi) is 5.48. The van der Waals surface area contributed by atoms with Crippen molar-refractivity contribution in [3.8, 4) is 5.88 Å². The molecular weight excluding hydrogens is 218 g/mol. The van der Waals surface area contributed by atoms with Gasteiger partial charge in [-0.25, -0.2) is 4.98 Å². The third kappa shape index (κ3) is 3.74. The standard InChI is InChI=1S/C11H21N5O/c1-4-17-11-9(12)10(14-8-15-11)16(3)7-5-6-13-2/h8,13H,4-7,12H2,1-3H3. The lowest BCUT2D eigenvalue weighted by Crippen LogP contribution is -2.24. The van der Waals surface area contributed by atoms with E-state index in [1.165, 1.54) is 6.33 Å². The van der Waals surface area contributed by atoms with Gasteiger partial charge in [-0.1, -0.05) is 0 Å². The molecule has 6 heteroatoms. The fourth-order valence-corrected chi connectivity index (χ4v) is 1.53. The van der Waals surface area contributed by atoms with Crippen molar-refractivity contribution in [2.45, 2.75) is 13.3 Å². The summed E-state index contributed by atoms with van der Waals surface area (Å²) in [5, 5.41) is 3.11. The molecule has 17 heavy (non-hydrogen) atoms. The number of nitrogen functional groups attached to an aromatic ring is 1. The average molecular weight is 239 g/mol. The molecule has 0 radical (unpaired) electrons. The van der Waals surface area contributed by atoms with Crippen LogP contribution in [-0.2, 0) is 0 Å². The summed E-state index contributed by atoms with van der Waals surface area (Å²) in [6.07, 6.45) is 2.51. The van der Waals surface area contributed by atoms with Gasteiger partial charge in [0.05, 0.1) is 6.61 Å². The first-order valence-electron chi connectivity index (χ1n) is 5.79. The summed E-state index contributed by atoms with van der Waals surface area (Å²) >= 11 is 0. The average Bonchev–Trinajstić information content (AvgIpc) is 2.32. The van der Waals surface area contributed by atoms with Gasteiger partial charge < -0.3 is 20.7 Å². The lowest BCUT2D eigenvalue weighted by Gasteiger charge is -2.20. The van der Waals surface area contributed by atoms with Gasteiger partial charge in [0, 0.05) is 13.6 Å². The van der Waals surface area contributed by atoms with Crippen molar-refractivity contribution in [2.24, 2.45) is 0 Å². The molecule has 0 aliphatic carbocycles. The lowest BCUT2D eigenvalue weighted by atomic mass is 10.3. The second-order valence-electron chi connectivity index (χ2n) is 3.73. The van der Waals surface area contributed by atoms with Gasteiger partial charge in [-0.3, -0.25) is 0 Å². The number of nitrogens with two attached hydrogens (primary N) is 1. The zero-order chi connectivity index (χ0) is 12.7. The number of nitrogens with zero attached hydrogens (tertiary/aromatic N) is 3. The molecule has 0 atom stereocenters. The topological polar surface area (TPSA) is 76.3 Å². The van der Waals surface area contributed by atoms with Crippen molar-refractivity contribution in [2.75, 3.05) is 44.4 Å². The second-order valence-corrected chi connectivity index (χ2v) is 3.73. The number of hydrogen-bond donors (Lipinski definition) is 2. The van der Waals surface area contributed by atoms with Crippen LogP contribution in [0.3, 0.4) is 0 Å². The Labute approximate surface area is 102 Å². The molecular formula is C11H21N5O. The summed E-state index contributed by atoms with van der Waals surface area (Å²) < 4.78 is 5.34. The minimum absolute atomic E-state index is 0.456. The van der Waals surface area contributed by atoms with Crippen LogP contribution >= 0.6 is 0 Å². The van der Waals surface area contributed by atoms with Crippen LogP contribution in [0.5, 0.6) is 5.88 Å². The Hall–Kier alpha value is -1.56. The number of rotatable bonds is 7. The molecule has 0 unspecified atom stereocenters. The van der Waals surface area contributed by atoms with Crippen molar-refractivity contribution < 1.29 is 4.74 Å². The van der Waals surface area contributed by atoms with Crippen LogP contribution in [0.15, 0.2) is 6.33 Å². The number of ether oxygens (including phenoxy) is 1. The first-order chi connectivity index (χ1) is 8.20. The lowest BCUT2D eigenvalue weighted by molar-refractivity contribution is 0.328. The molecule has 1 heterocycles. The predicted octanol–water partition coefficient (Wildman–Crippen LogP) is 0.503. The van der Waals surface area contributed by atoms with Gasteiger partial charge in [0.25, 0.3) is 0 Å². The van der Waals surface area contributed by atoms with E-state index in [-0.39, 0.29) is 0 Å². The number of hydrogen-bond acceptors (Lipinski definition) is 6. The number of anilines is 2. The summed E-state index contributed by atoms with van der Waals surface area (Å²) in [5.74, 6) is 1.18. The normalized spacial score (nSPS) is 10.3. The molecule has 3 N–H and O–H groups in total. The maximum Gasteiger partial charge on any atom is 0.242 e. The molecule has 0 saturated carbocycles. The van der Waals surface area contributed by atoms with Crippen LogP contribution < -0.4 is 20.7 Å². The largest absolute Gasteiger partial charge is 0.476 e. The van der Waals surface area contributed by atoms with Crippen molar-refractivity contribution in [3.05, 3.63) is 6.33 Å². The number of aromatic nitrogens is 2. The molecule has 6 nitrogen and oxygen atoms in total. The minimum atomic E-state index is 0.456. The molecule has 0 fully saturated rings. The molecule has 1 rings (SSSR count). The summed E-state index contributed by atoms with van der Waals surface area (Å²) in [7, 11) is 3.90. The van der Waals surface area contributed by atoms with E-state index < -0.39 is 0 Å². The van der Waals surface area contributed by atoms with Crippen LogP contribution in [0.1, 0.15) is 13.3 Å². The van der Waals surface area contributed by atoms with E-state index in [0.29, 0.717) is 18.2 Å². The van der Waals surface area contributed by atoms with E-state index in [1.807, 2.05) is 25.9 Å². The number of nitrogens with one attached hydrogen (secondary N) is 1. The summed E-state index contributed by atoms with van der Waals surface area (Å²) in [6, 6.07) is 0. The monoisotopic (exact) mass is 239 g/mol. The maximum atomic E-state index is 5.97. The van der Waals surface area contributed by atoms with E-state index in [1.54, 1.807) is 0 Å². The highest BCUT2D eigenvalue weighted by atomic mass is 16.5. The van der Waals surface area contributed by atoms with Crippen molar-refractivity contribution >= 4 is 11.5 Å². The van der Waals surface area contributed by atoms with Gasteiger partial charge in [-0.15, -0.1) is 0 Å². The van der Waals surface area contributed by atoms with Crippen LogP contribution in [0.2, 0.25) is 0 Å². The molecule has 1 aromatic heterocycles. The van der Waals surface area contributed by atoms with Crippen LogP contribution in [0.4, 0.5) is 11.5 Å². The molecule has 0 spiro atoms. The zero-order valence-corrected chi connectivity index (χ0v) is 10.7. The van der Waals surface area contributed by atoms with Gasteiger partial charge in [0.15, 0.2) is 5.82 Å². The van der Waals surface area contributed by atoms with E-state index in [2.05, 4.69) is 15.3 Å². The van der Waals surface area contributed by atoms with E-state index >= 15 is 0 Å². The highest BCUT2D eigenvalue weighted by Crippen LogP contribution is 2.26. The van der Waals surface area contributed by atoms with E-state index in [4.69, 9.17) is 10.5 Å². The smallest absolute Gasteiger partial charge is 0.242 e. The molecule has 0 aromatic carbocycles. The molecule has 0 saturated heterocycles. The van der Waals surface area contributed by atoms with Gasteiger partial charge in [-0.05, 0) is 26.9 Å². The Bertz CT molecular complexity index is 345. The Balaban J connectivity index is 2.72. The molecule has 96 valence electrons. The first kappa shape index (κ1) is 13.5. The molecule has 0 bridgehead atoms. The fourth-order valence-electron chi connectivity index (χ4n) is 1.53. The minimum Gasteiger partial charge on any atom is -0.476 e. The second kappa shape index (κ2) is 6.90. The highest BCUT2D eigenvalue weighted by Gasteiger charge is 2.12. The van der Waals surface area contributed by atoms with E-state index in [9.17, 15) is 0 Å². The summed E-state index contributed by atoms with van der Waals surface area (Å²) in [5.41, 5.74) is 6.47. The summed E-state index contributed by atoms with van der Waals surface area (Å²) in [4.78, 5) is 10.2. The van der Waals surface area contributed by atoms with Gasteiger partial charge >= 0.3 is 0 Å². The first-order valence-corrected chi connectivity index (χ1v) is 5.79.